The highest BCUT2D eigenvalue weighted by Crippen LogP contribution is 2.32. The highest BCUT2D eigenvalue weighted by atomic mass is 16.3. The summed E-state index contributed by atoms with van der Waals surface area (Å²) in [7, 11) is 0. The molecule has 1 amide bonds. The lowest BCUT2D eigenvalue weighted by atomic mass is 9.79. The van der Waals surface area contributed by atoms with E-state index in [2.05, 4.69) is 22.1 Å². The second-order valence-corrected chi connectivity index (χ2v) is 6.14. The van der Waals surface area contributed by atoms with E-state index in [4.69, 9.17) is 4.42 Å². The van der Waals surface area contributed by atoms with Crippen LogP contribution in [0, 0.1) is 5.92 Å². The fourth-order valence-corrected chi connectivity index (χ4v) is 3.76. The number of carbonyl (C=O) groups excluding carboxylic acids is 1. The third-order valence-corrected chi connectivity index (χ3v) is 5.05. The minimum Gasteiger partial charge on any atom is -0.463 e. The number of pyridine rings is 1. The molecule has 0 aromatic carbocycles. The Morgan fingerprint density at radius 3 is 3.00 bits per heavy atom. The van der Waals surface area contributed by atoms with Crippen LogP contribution in [-0.2, 0) is 0 Å². The van der Waals surface area contributed by atoms with E-state index in [1.165, 1.54) is 12.8 Å². The van der Waals surface area contributed by atoms with E-state index < -0.39 is 0 Å². The van der Waals surface area contributed by atoms with E-state index >= 15 is 0 Å². The molecule has 0 saturated carbocycles. The molecule has 0 aliphatic carbocycles. The molecule has 5 heteroatoms. The van der Waals surface area contributed by atoms with Crippen LogP contribution in [0.2, 0.25) is 0 Å². The Balaban J connectivity index is 1.54. The van der Waals surface area contributed by atoms with Gasteiger partial charge in [0.05, 0.1) is 12.5 Å². The van der Waals surface area contributed by atoms with Gasteiger partial charge in [0.15, 0.2) is 5.58 Å². The van der Waals surface area contributed by atoms with Gasteiger partial charge in [0.1, 0.15) is 5.69 Å². The lowest BCUT2D eigenvalue weighted by Crippen LogP contribution is -2.62. The predicted molar refractivity (Wildman–Crippen MR) is 79.0 cm³/mol. The number of hydrogen-bond donors (Lipinski definition) is 1. The van der Waals surface area contributed by atoms with Gasteiger partial charge in [-0.2, -0.15) is 0 Å². The van der Waals surface area contributed by atoms with E-state index in [0.29, 0.717) is 23.2 Å². The van der Waals surface area contributed by atoms with Crippen molar-refractivity contribution in [3.63, 3.8) is 0 Å². The first-order valence-corrected chi connectivity index (χ1v) is 7.60. The molecule has 0 unspecified atom stereocenters. The summed E-state index contributed by atoms with van der Waals surface area (Å²) in [5.41, 5.74) is 1.18. The third kappa shape index (κ3) is 2.12. The third-order valence-electron chi connectivity index (χ3n) is 5.05. The first kappa shape index (κ1) is 12.8. The van der Waals surface area contributed by atoms with Gasteiger partial charge in [-0.15, -0.1) is 0 Å². The Kier molecular flexibility index (Phi) is 2.96. The molecule has 2 aromatic rings. The maximum atomic E-state index is 12.5. The number of furan rings is 1. The fourth-order valence-electron chi connectivity index (χ4n) is 3.76. The number of aromatic nitrogens is 1. The van der Waals surface area contributed by atoms with Gasteiger partial charge < -0.3 is 9.73 Å². The summed E-state index contributed by atoms with van der Waals surface area (Å²) in [6.07, 6.45) is 5.60. The van der Waals surface area contributed by atoms with Crippen molar-refractivity contribution in [3.05, 3.63) is 30.3 Å². The van der Waals surface area contributed by atoms with Gasteiger partial charge in [-0.25, -0.2) is 4.98 Å². The monoisotopic (exact) mass is 285 g/mol. The Hall–Kier alpha value is -1.88. The second kappa shape index (κ2) is 4.84. The summed E-state index contributed by atoms with van der Waals surface area (Å²) in [6, 6.07) is 4.30. The Bertz CT molecular complexity index is 671. The summed E-state index contributed by atoms with van der Waals surface area (Å²) in [5.74, 6) is 0.523. The smallest absolute Gasteiger partial charge is 0.270 e. The van der Waals surface area contributed by atoms with Crippen LogP contribution in [0.25, 0.3) is 11.0 Å². The number of nitrogens with zero attached hydrogens (tertiary/aromatic N) is 2. The molecule has 5 nitrogen and oxygen atoms in total. The summed E-state index contributed by atoms with van der Waals surface area (Å²) in [4.78, 5) is 19.2. The highest BCUT2D eigenvalue weighted by molar-refractivity contribution is 5.95. The van der Waals surface area contributed by atoms with Crippen LogP contribution in [0.15, 0.2) is 29.0 Å². The zero-order chi connectivity index (χ0) is 14.4. The summed E-state index contributed by atoms with van der Waals surface area (Å²) in [6.45, 7) is 4.54. The molecule has 110 valence electrons. The lowest BCUT2D eigenvalue weighted by Gasteiger charge is -2.49. The molecule has 0 radical (unpaired) electrons. The molecule has 5 heterocycles. The predicted octanol–water partition coefficient (Wildman–Crippen LogP) is 2.04. The first-order chi connectivity index (χ1) is 10.2. The number of amides is 1. The first-order valence-electron chi connectivity index (χ1n) is 7.60. The van der Waals surface area contributed by atoms with Crippen molar-refractivity contribution in [2.24, 2.45) is 5.92 Å². The molecule has 5 rings (SSSR count). The van der Waals surface area contributed by atoms with Crippen LogP contribution in [0.4, 0.5) is 0 Å². The number of rotatable bonds is 2. The van der Waals surface area contributed by atoms with Crippen molar-refractivity contribution < 1.29 is 9.21 Å². The van der Waals surface area contributed by atoms with Gasteiger partial charge >= 0.3 is 0 Å². The van der Waals surface area contributed by atoms with E-state index in [-0.39, 0.29) is 11.9 Å². The Labute approximate surface area is 123 Å². The van der Waals surface area contributed by atoms with Crippen LogP contribution < -0.4 is 5.32 Å². The average Bonchev–Trinajstić information content (AvgIpc) is 2.98. The topological polar surface area (TPSA) is 58.4 Å². The highest BCUT2D eigenvalue weighted by Gasteiger charge is 2.40. The summed E-state index contributed by atoms with van der Waals surface area (Å²) in [5, 5.41) is 4.11. The van der Waals surface area contributed by atoms with E-state index in [1.54, 1.807) is 18.5 Å². The van der Waals surface area contributed by atoms with Gasteiger partial charge in [0.25, 0.3) is 5.91 Å². The van der Waals surface area contributed by atoms with Gasteiger partial charge in [0, 0.05) is 17.5 Å². The lowest BCUT2D eigenvalue weighted by molar-refractivity contribution is 0.0216. The largest absolute Gasteiger partial charge is 0.463 e. The normalized spacial score (nSPS) is 31.5. The van der Waals surface area contributed by atoms with Gasteiger partial charge in [0.2, 0.25) is 0 Å². The molecule has 3 fully saturated rings. The van der Waals surface area contributed by atoms with Crippen molar-refractivity contribution in [2.45, 2.75) is 31.8 Å². The van der Waals surface area contributed by atoms with Crippen LogP contribution in [0.3, 0.4) is 0 Å². The molecule has 21 heavy (non-hydrogen) atoms. The maximum absolute atomic E-state index is 12.5. The summed E-state index contributed by atoms with van der Waals surface area (Å²) < 4.78 is 5.26. The minimum atomic E-state index is -0.0799. The van der Waals surface area contributed by atoms with E-state index in [9.17, 15) is 4.79 Å². The van der Waals surface area contributed by atoms with E-state index in [1.807, 2.05) is 6.07 Å². The van der Waals surface area contributed by atoms with Crippen LogP contribution in [-0.4, -0.2) is 41.0 Å². The molecule has 0 spiro atoms. The van der Waals surface area contributed by atoms with Crippen molar-refractivity contribution in [1.82, 2.24) is 15.2 Å². The summed E-state index contributed by atoms with van der Waals surface area (Å²) >= 11 is 0. The minimum absolute atomic E-state index is 0.0799. The molecule has 3 saturated heterocycles. The van der Waals surface area contributed by atoms with Gasteiger partial charge in [-0.05, 0) is 50.9 Å². The molecular formula is C16H19N3O2. The molecule has 3 aliphatic heterocycles. The molecule has 2 atom stereocenters. The maximum Gasteiger partial charge on any atom is 0.270 e. The van der Waals surface area contributed by atoms with Crippen molar-refractivity contribution in [1.29, 1.82) is 0 Å². The van der Waals surface area contributed by atoms with Crippen molar-refractivity contribution in [3.8, 4) is 0 Å². The zero-order valence-corrected chi connectivity index (χ0v) is 12.1. The number of carbonyl (C=O) groups is 1. The van der Waals surface area contributed by atoms with Crippen LogP contribution in [0.5, 0.6) is 0 Å². The van der Waals surface area contributed by atoms with Gasteiger partial charge in [-0.1, -0.05) is 0 Å². The van der Waals surface area contributed by atoms with Crippen molar-refractivity contribution >= 4 is 16.9 Å². The van der Waals surface area contributed by atoms with Crippen LogP contribution >= 0.6 is 0 Å². The quantitative estimate of drug-likeness (QED) is 0.917. The Morgan fingerprint density at radius 1 is 1.43 bits per heavy atom. The molecule has 2 bridgehead atoms. The Morgan fingerprint density at radius 2 is 2.24 bits per heavy atom. The molecule has 2 aromatic heterocycles. The molecule has 3 aliphatic rings. The molecular weight excluding hydrogens is 266 g/mol. The standard InChI is InChI=1S/C16H19N3O2/c1-10-15(11-2-5-19(10)6-3-11)18-16(20)13-8-12-4-7-21-14(12)9-17-13/h4,7-11,15H,2-3,5-6H2,1H3,(H,18,20)/t10-,15-/m0/s1. The second-order valence-electron chi connectivity index (χ2n) is 6.14. The number of piperidine rings is 3. The van der Waals surface area contributed by atoms with Crippen LogP contribution in [0.1, 0.15) is 30.3 Å². The SMILES string of the molecule is C[C@H]1[C@H](NC(=O)c2cc3ccoc3cn2)C2CCN1CC2. The number of nitrogens with one attached hydrogen (secondary N) is 1. The molecule has 1 N–H and O–H groups in total. The number of hydrogen-bond acceptors (Lipinski definition) is 4. The average molecular weight is 285 g/mol. The van der Waals surface area contributed by atoms with E-state index in [0.717, 1.165) is 18.5 Å². The zero-order valence-electron chi connectivity index (χ0n) is 12.1. The number of fused-ring (bicyclic) bond motifs is 4. The fraction of sp³-hybridized carbons (Fsp3) is 0.500. The van der Waals surface area contributed by atoms with Crippen molar-refractivity contribution in [2.75, 3.05) is 13.1 Å². The van der Waals surface area contributed by atoms with Gasteiger partial charge in [-0.3, -0.25) is 9.69 Å².